The number of para-hydroxylation sites is 1. The van der Waals surface area contributed by atoms with Crippen molar-refractivity contribution in [2.45, 2.75) is 16.9 Å². The van der Waals surface area contributed by atoms with Crippen molar-refractivity contribution in [1.29, 1.82) is 0 Å². The molecule has 0 atom stereocenters. The number of hydrogen-bond donors (Lipinski definition) is 1. The maximum absolute atomic E-state index is 12.5. The molecule has 0 fully saturated rings. The maximum atomic E-state index is 12.5. The van der Waals surface area contributed by atoms with Gasteiger partial charge < -0.3 is 14.3 Å². The number of benzene rings is 2. The van der Waals surface area contributed by atoms with Gasteiger partial charge in [-0.2, -0.15) is 0 Å². The zero-order chi connectivity index (χ0) is 21.6. The third-order valence-electron chi connectivity index (χ3n) is 4.19. The summed E-state index contributed by atoms with van der Waals surface area (Å²) in [6, 6.07) is 22.9. The molecule has 0 saturated heterocycles. The molecule has 1 N–H and O–H groups in total. The number of aliphatic imine (C=N–C) groups is 1. The summed E-state index contributed by atoms with van der Waals surface area (Å²) in [5.41, 5.74) is 0.743. The molecule has 0 unspecified atom stereocenters. The Labute approximate surface area is 188 Å². The number of nitrogens with zero attached hydrogens (tertiary/aromatic N) is 1. The molecular weight excluding hydrogens is 430 g/mol. The van der Waals surface area contributed by atoms with Crippen LogP contribution in [0, 0.1) is 0 Å². The fourth-order valence-corrected chi connectivity index (χ4v) is 4.63. The van der Waals surface area contributed by atoms with Crippen LogP contribution in [-0.2, 0) is 9.53 Å². The minimum Gasteiger partial charge on any atom is -0.506 e. The highest BCUT2D eigenvalue weighted by Crippen LogP contribution is 2.40. The van der Waals surface area contributed by atoms with Gasteiger partial charge in [0.2, 0.25) is 0 Å². The first-order chi connectivity index (χ1) is 15.1. The quantitative estimate of drug-likeness (QED) is 0.426. The van der Waals surface area contributed by atoms with E-state index in [0.717, 1.165) is 9.99 Å². The van der Waals surface area contributed by atoms with Gasteiger partial charge >= 0.3 is 5.97 Å². The van der Waals surface area contributed by atoms with Crippen LogP contribution < -0.4 is 0 Å². The molecule has 0 saturated carbocycles. The first-order valence-corrected chi connectivity index (χ1v) is 11.2. The number of furan rings is 1. The third-order valence-corrected chi connectivity index (χ3v) is 6.14. The van der Waals surface area contributed by atoms with Gasteiger partial charge in [0.25, 0.3) is 0 Å². The first kappa shape index (κ1) is 21.1. The molecule has 1 aromatic heterocycles. The Bertz CT molecular complexity index is 1160. The van der Waals surface area contributed by atoms with Gasteiger partial charge in [-0.3, -0.25) is 0 Å². The molecule has 31 heavy (non-hydrogen) atoms. The predicted octanol–water partition coefficient (Wildman–Crippen LogP) is 6.62. The summed E-state index contributed by atoms with van der Waals surface area (Å²) in [5, 5.41) is 11.9. The molecule has 0 bridgehead atoms. The second-order valence-corrected chi connectivity index (χ2v) is 8.49. The zero-order valence-electron chi connectivity index (χ0n) is 16.6. The van der Waals surface area contributed by atoms with Gasteiger partial charge in [0.05, 0.1) is 17.2 Å². The molecule has 7 heteroatoms. The number of carbonyl (C=O) groups excluding carboxylic acids is 1. The molecule has 2 aromatic carbocycles. The molecule has 0 spiro atoms. The second-order valence-electron chi connectivity index (χ2n) is 6.38. The lowest BCUT2D eigenvalue weighted by Crippen LogP contribution is -2.12. The highest BCUT2D eigenvalue weighted by molar-refractivity contribution is 8.18. The number of esters is 1. The Morgan fingerprint density at radius 1 is 1.10 bits per heavy atom. The SMILES string of the molecule is CCOC(=O)C1=C(O)C(=Cc2ccc(Sc3ccccc3)o2)SC1=Nc1ccccc1. The van der Waals surface area contributed by atoms with Crippen LogP contribution in [0.5, 0.6) is 0 Å². The van der Waals surface area contributed by atoms with Gasteiger partial charge in [-0.25, -0.2) is 9.79 Å². The summed E-state index contributed by atoms with van der Waals surface area (Å²) in [7, 11) is 0. The van der Waals surface area contributed by atoms with Crippen LogP contribution in [0.4, 0.5) is 5.69 Å². The number of aliphatic hydroxyl groups excluding tert-OH is 1. The van der Waals surface area contributed by atoms with Crippen LogP contribution in [-0.4, -0.2) is 22.7 Å². The highest BCUT2D eigenvalue weighted by Gasteiger charge is 2.33. The summed E-state index contributed by atoms with van der Waals surface area (Å²) < 4.78 is 11.0. The van der Waals surface area contributed by atoms with E-state index in [9.17, 15) is 9.90 Å². The monoisotopic (exact) mass is 449 g/mol. The number of thioether (sulfide) groups is 1. The Hall–Kier alpha value is -3.16. The third kappa shape index (κ3) is 5.13. The summed E-state index contributed by atoms with van der Waals surface area (Å²) in [6.07, 6.45) is 1.70. The average molecular weight is 450 g/mol. The van der Waals surface area contributed by atoms with Gasteiger partial charge in [-0.1, -0.05) is 59.9 Å². The summed E-state index contributed by atoms with van der Waals surface area (Å²) >= 11 is 2.71. The molecule has 0 amide bonds. The Balaban J connectivity index is 1.63. The van der Waals surface area contributed by atoms with E-state index in [1.165, 1.54) is 23.5 Å². The average Bonchev–Trinajstić information content (AvgIpc) is 3.34. The zero-order valence-corrected chi connectivity index (χ0v) is 18.3. The fourth-order valence-electron chi connectivity index (χ4n) is 2.81. The Kier molecular flexibility index (Phi) is 6.64. The van der Waals surface area contributed by atoms with E-state index in [1.54, 1.807) is 13.0 Å². The number of rotatable bonds is 6. The lowest BCUT2D eigenvalue weighted by molar-refractivity contribution is -0.138. The Morgan fingerprint density at radius 3 is 2.52 bits per heavy atom. The van der Waals surface area contributed by atoms with E-state index in [-0.39, 0.29) is 17.9 Å². The van der Waals surface area contributed by atoms with Gasteiger partial charge in [-0.15, -0.1) is 0 Å². The van der Waals surface area contributed by atoms with Crippen molar-refractivity contribution in [2.24, 2.45) is 4.99 Å². The standard InChI is InChI=1S/C24H19NO4S2/c1-2-28-24(27)21-22(26)19(31-23(21)25-16-9-5-3-6-10-16)15-17-13-14-20(29-17)30-18-11-7-4-8-12-18/h3-15,26H,2H2,1H3. The van der Waals surface area contributed by atoms with Crippen LogP contribution >= 0.6 is 23.5 Å². The van der Waals surface area contributed by atoms with Crippen molar-refractivity contribution in [3.63, 3.8) is 0 Å². The molecule has 156 valence electrons. The van der Waals surface area contributed by atoms with Crippen LogP contribution in [0.3, 0.4) is 0 Å². The normalized spacial score (nSPS) is 16.3. The maximum Gasteiger partial charge on any atom is 0.344 e. The van der Waals surface area contributed by atoms with Crippen molar-refractivity contribution in [2.75, 3.05) is 6.61 Å². The molecular formula is C24H19NO4S2. The van der Waals surface area contributed by atoms with Crippen molar-refractivity contribution in [3.8, 4) is 0 Å². The summed E-state index contributed by atoms with van der Waals surface area (Å²) in [4.78, 5) is 18.5. The van der Waals surface area contributed by atoms with Crippen LogP contribution in [0.15, 0.2) is 108 Å². The topological polar surface area (TPSA) is 72.0 Å². The van der Waals surface area contributed by atoms with Gasteiger partial charge in [0.15, 0.2) is 5.09 Å². The lowest BCUT2D eigenvalue weighted by atomic mass is 10.2. The van der Waals surface area contributed by atoms with E-state index in [0.29, 0.717) is 21.4 Å². The van der Waals surface area contributed by atoms with E-state index in [2.05, 4.69) is 4.99 Å². The highest BCUT2D eigenvalue weighted by atomic mass is 32.2. The van der Waals surface area contributed by atoms with E-state index in [1.807, 2.05) is 72.8 Å². The number of carbonyl (C=O) groups is 1. The van der Waals surface area contributed by atoms with E-state index < -0.39 is 5.97 Å². The second kappa shape index (κ2) is 9.76. The van der Waals surface area contributed by atoms with Crippen LogP contribution in [0.1, 0.15) is 12.7 Å². The summed E-state index contributed by atoms with van der Waals surface area (Å²) in [6.45, 7) is 1.92. The smallest absolute Gasteiger partial charge is 0.344 e. The van der Waals surface area contributed by atoms with Crippen molar-refractivity contribution in [1.82, 2.24) is 0 Å². The van der Waals surface area contributed by atoms with Crippen molar-refractivity contribution in [3.05, 3.63) is 94.8 Å². The minimum atomic E-state index is -0.606. The number of hydrogen-bond acceptors (Lipinski definition) is 7. The van der Waals surface area contributed by atoms with E-state index >= 15 is 0 Å². The molecule has 0 aliphatic carbocycles. The summed E-state index contributed by atoms with van der Waals surface area (Å²) in [5.74, 6) is -0.200. The number of ether oxygens (including phenoxy) is 1. The molecule has 4 rings (SSSR count). The largest absolute Gasteiger partial charge is 0.506 e. The van der Waals surface area contributed by atoms with Gasteiger partial charge in [0, 0.05) is 4.90 Å². The molecule has 1 aliphatic heterocycles. The van der Waals surface area contributed by atoms with Crippen LogP contribution in [0.25, 0.3) is 6.08 Å². The van der Waals surface area contributed by atoms with Gasteiger partial charge in [-0.05, 0) is 49.4 Å². The van der Waals surface area contributed by atoms with Crippen molar-refractivity contribution < 1.29 is 19.1 Å². The van der Waals surface area contributed by atoms with E-state index in [4.69, 9.17) is 9.15 Å². The molecule has 2 heterocycles. The van der Waals surface area contributed by atoms with Crippen molar-refractivity contribution >= 4 is 46.3 Å². The lowest BCUT2D eigenvalue weighted by Gasteiger charge is -2.03. The molecule has 3 aromatic rings. The van der Waals surface area contributed by atoms with Crippen LogP contribution in [0.2, 0.25) is 0 Å². The molecule has 5 nitrogen and oxygen atoms in total. The first-order valence-electron chi connectivity index (χ1n) is 9.61. The fraction of sp³-hybridized carbons (Fsp3) is 0.0833. The predicted molar refractivity (Wildman–Crippen MR) is 125 cm³/mol. The van der Waals surface area contributed by atoms with Gasteiger partial charge in [0.1, 0.15) is 22.1 Å². The number of aliphatic hydroxyl groups is 1. The Morgan fingerprint density at radius 2 is 1.81 bits per heavy atom. The molecule has 1 aliphatic rings. The minimum absolute atomic E-state index is 0.0624. The molecule has 0 radical (unpaired) electrons.